The molecule has 4 aromatic rings. The Morgan fingerprint density at radius 2 is 1.89 bits per heavy atom. The molecule has 2 atom stereocenters. The Labute approximate surface area is 256 Å². The van der Waals surface area contributed by atoms with Gasteiger partial charge in [-0.25, -0.2) is 18.7 Å². The average molecular weight is 623 g/mol. The van der Waals surface area contributed by atoms with Crippen molar-refractivity contribution < 1.29 is 33.0 Å². The Morgan fingerprint density at radius 1 is 1.18 bits per heavy atom. The highest BCUT2D eigenvalue weighted by atomic mass is 35.5. The number of hydrogen-bond acceptors (Lipinski definition) is 7. The number of amides is 2. The number of fused-ring (bicyclic) bond motifs is 2. The van der Waals surface area contributed by atoms with E-state index < -0.39 is 40.9 Å². The number of nitrogens with one attached hydrogen (secondary N) is 1. The van der Waals surface area contributed by atoms with E-state index in [1.165, 1.54) is 43.5 Å². The number of aryl methyl sites for hydroxylation is 1. The van der Waals surface area contributed by atoms with Gasteiger partial charge in [0.05, 0.1) is 30.1 Å². The average Bonchev–Trinajstić information content (AvgIpc) is 3.67. The molecule has 2 aromatic carbocycles. The van der Waals surface area contributed by atoms with Gasteiger partial charge in [-0.15, -0.1) is 0 Å². The number of nitrogens with zero attached hydrogens (tertiary/aromatic N) is 2. The second kappa shape index (κ2) is 10.4. The third-order valence-corrected chi connectivity index (χ3v) is 8.97. The summed E-state index contributed by atoms with van der Waals surface area (Å²) < 4.78 is 41.2. The summed E-state index contributed by atoms with van der Waals surface area (Å²) in [6.45, 7) is 2.67. The molecule has 0 radical (unpaired) electrons. The summed E-state index contributed by atoms with van der Waals surface area (Å²) in [7, 11) is 1.45. The Kier molecular flexibility index (Phi) is 7.01. The first kappa shape index (κ1) is 29.7. The van der Waals surface area contributed by atoms with Gasteiger partial charge in [0.15, 0.2) is 5.60 Å². The fourth-order valence-electron chi connectivity index (χ4n) is 5.52. The number of methoxy groups -OCH3 is 1. The minimum absolute atomic E-state index is 0.0148. The third-order valence-electron chi connectivity index (χ3n) is 8.59. The van der Waals surface area contributed by atoms with Crippen molar-refractivity contribution >= 4 is 34.3 Å². The van der Waals surface area contributed by atoms with Crippen molar-refractivity contribution in [3.63, 3.8) is 0 Å². The summed E-state index contributed by atoms with van der Waals surface area (Å²) in [6.07, 6.45) is 0.0296. The first-order valence-electron chi connectivity index (χ1n) is 13.9. The van der Waals surface area contributed by atoms with Gasteiger partial charge in [0.2, 0.25) is 5.91 Å². The van der Waals surface area contributed by atoms with Crippen LogP contribution in [0.1, 0.15) is 47.1 Å². The molecule has 3 heterocycles. The zero-order valence-corrected chi connectivity index (χ0v) is 24.9. The van der Waals surface area contributed by atoms with Gasteiger partial charge in [-0.3, -0.25) is 9.59 Å². The van der Waals surface area contributed by atoms with Gasteiger partial charge in [-0.2, -0.15) is 0 Å². The van der Waals surface area contributed by atoms with E-state index in [1.54, 1.807) is 26.0 Å². The second-order valence-corrected chi connectivity index (χ2v) is 11.9. The number of rotatable bonds is 8. The number of aliphatic hydroxyl groups is 1. The number of carbonyl (C=O) groups excluding carboxylic acids is 2. The standard InChI is InChI=1S/C32H29ClF2N4O5/c1-16-22(33)11-18-10-19(12-23(43-3)25(18)38-16)28(40)37-14-32(42,31(35)8-9-31)24-13-21-27(44-15-30(21,2)29(36)41)26(39-24)17-4-6-20(34)7-5-17/h4-7,10-13,42H,8-9,14-15H2,1-3H3,(H2,36,41)(H,37,40)/t30-,32?/m0/s1. The summed E-state index contributed by atoms with van der Waals surface area (Å²) >= 11 is 6.26. The molecule has 44 heavy (non-hydrogen) atoms. The van der Waals surface area contributed by atoms with Crippen LogP contribution in [0.5, 0.6) is 11.5 Å². The van der Waals surface area contributed by atoms with E-state index in [0.717, 1.165) is 0 Å². The van der Waals surface area contributed by atoms with E-state index in [1.807, 2.05) is 0 Å². The molecule has 0 spiro atoms. The summed E-state index contributed by atoms with van der Waals surface area (Å²) in [5.74, 6) is -1.23. The van der Waals surface area contributed by atoms with E-state index >= 15 is 4.39 Å². The van der Waals surface area contributed by atoms with E-state index in [2.05, 4.69) is 15.3 Å². The third kappa shape index (κ3) is 4.71. The van der Waals surface area contributed by atoms with Crippen LogP contribution in [-0.4, -0.2) is 52.8 Å². The number of pyridine rings is 2. The van der Waals surface area contributed by atoms with Gasteiger partial charge in [0.1, 0.15) is 46.2 Å². The van der Waals surface area contributed by atoms with Crippen LogP contribution in [-0.2, 0) is 15.8 Å². The van der Waals surface area contributed by atoms with Crippen molar-refractivity contribution in [3.05, 3.63) is 81.9 Å². The first-order chi connectivity index (χ1) is 20.8. The zero-order valence-electron chi connectivity index (χ0n) is 24.1. The Hall–Kier alpha value is -4.35. The lowest BCUT2D eigenvalue weighted by atomic mass is 9.80. The highest BCUT2D eigenvalue weighted by Gasteiger charge is 2.62. The van der Waals surface area contributed by atoms with Crippen LogP contribution < -0.4 is 20.5 Å². The minimum atomic E-state index is -2.31. The van der Waals surface area contributed by atoms with Gasteiger partial charge in [-0.05, 0) is 75.2 Å². The first-order valence-corrected chi connectivity index (χ1v) is 14.3. The molecule has 12 heteroatoms. The Bertz CT molecular complexity index is 1850. The lowest BCUT2D eigenvalue weighted by Gasteiger charge is -2.33. The number of benzene rings is 2. The monoisotopic (exact) mass is 622 g/mol. The maximum Gasteiger partial charge on any atom is 0.251 e. The highest BCUT2D eigenvalue weighted by molar-refractivity contribution is 6.31. The molecule has 1 fully saturated rings. The normalized spacial score (nSPS) is 19.5. The molecule has 2 aromatic heterocycles. The molecule has 1 aliphatic carbocycles. The SMILES string of the molecule is COc1cc(C(=O)NCC(O)(c2cc3c(c(-c4ccc(F)cc4)n2)OC[C@]3(C)C(N)=O)C2(F)CC2)cc2cc(Cl)c(C)nc12. The van der Waals surface area contributed by atoms with Crippen LogP contribution >= 0.6 is 11.6 Å². The maximum atomic E-state index is 16.1. The smallest absolute Gasteiger partial charge is 0.251 e. The van der Waals surface area contributed by atoms with E-state index in [9.17, 15) is 19.1 Å². The highest BCUT2D eigenvalue weighted by Crippen LogP contribution is 2.55. The van der Waals surface area contributed by atoms with E-state index in [-0.39, 0.29) is 42.1 Å². The molecule has 0 saturated heterocycles. The molecular formula is C32H29ClF2N4O5. The lowest BCUT2D eigenvalue weighted by Crippen LogP contribution is -2.49. The van der Waals surface area contributed by atoms with Crippen LogP contribution in [0.4, 0.5) is 8.78 Å². The number of hydrogen-bond donors (Lipinski definition) is 3. The molecule has 1 unspecified atom stereocenters. The number of nitrogens with two attached hydrogens (primary N) is 1. The zero-order chi connectivity index (χ0) is 31.6. The molecule has 4 N–H and O–H groups in total. The second-order valence-electron chi connectivity index (χ2n) is 11.5. The maximum absolute atomic E-state index is 16.1. The van der Waals surface area contributed by atoms with Crippen molar-refractivity contribution in [2.24, 2.45) is 5.73 Å². The molecular weight excluding hydrogens is 594 g/mol. The van der Waals surface area contributed by atoms with Gasteiger partial charge >= 0.3 is 0 Å². The molecule has 9 nitrogen and oxygen atoms in total. The van der Waals surface area contributed by atoms with Crippen LogP contribution in [0.15, 0.2) is 48.5 Å². The summed E-state index contributed by atoms with van der Waals surface area (Å²) in [5.41, 5.74) is 2.06. The van der Waals surface area contributed by atoms with Crippen LogP contribution in [0, 0.1) is 12.7 Å². The number of ether oxygens (including phenoxy) is 2. The molecule has 1 aliphatic heterocycles. The van der Waals surface area contributed by atoms with Gasteiger partial charge in [-0.1, -0.05) is 11.6 Å². The van der Waals surface area contributed by atoms with Crippen LogP contribution in [0.2, 0.25) is 5.02 Å². The van der Waals surface area contributed by atoms with Crippen molar-refractivity contribution in [2.45, 2.75) is 43.4 Å². The largest absolute Gasteiger partial charge is 0.494 e. The molecule has 0 bridgehead atoms. The fraction of sp³-hybridized carbons (Fsp3) is 0.312. The van der Waals surface area contributed by atoms with Crippen molar-refractivity contribution in [2.75, 3.05) is 20.3 Å². The van der Waals surface area contributed by atoms with Crippen molar-refractivity contribution in [3.8, 4) is 22.8 Å². The molecule has 2 amide bonds. The minimum Gasteiger partial charge on any atom is -0.494 e. The molecule has 1 saturated carbocycles. The summed E-state index contributed by atoms with van der Waals surface area (Å²) in [6, 6.07) is 11.5. The van der Waals surface area contributed by atoms with Gasteiger partial charge in [0.25, 0.3) is 5.91 Å². The number of carbonyl (C=O) groups is 2. The molecule has 6 rings (SSSR count). The Morgan fingerprint density at radius 3 is 2.52 bits per heavy atom. The molecule has 228 valence electrons. The fourth-order valence-corrected chi connectivity index (χ4v) is 5.68. The van der Waals surface area contributed by atoms with Crippen molar-refractivity contribution in [1.29, 1.82) is 0 Å². The van der Waals surface area contributed by atoms with Crippen molar-refractivity contribution in [1.82, 2.24) is 15.3 Å². The van der Waals surface area contributed by atoms with Gasteiger partial charge in [0, 0.05) is 22.1 Å². The number of primary amides is 1. The summed E-state index contributed by atoms with van der Waals surface area (Å²) in [5, 5.41) is 15.7. The van der Waals surface area contributed by atoms with E-state index in [4.69, 9.17) is 26.8 Å². The summed E-state index contributed by atoms with van der Waals surface area (Å²) in [4.78, 5) is 35.1. The number of alkyl halides is 1. The Balaban J connectivity index is 1.42. The quantitative estimate of drug-likeness (QED) is 0.260. The van der Waals surface area contributed by atoms with E-state index in [0.29, 0.717) is 38.5 Å². The van der Waals surface area contributed by atoms with Crippen LogP contribution in [0.25, 0.3) is 22.2 Å². The lowest BCUT2D eigenvalue weighted by molar-refractivity contribution is -0.123. The number of halogens is 3. The van der Waals surface area contributed by atoms with Crippen LogP contribution in [0.3, 0.4) is 0 Å². The predicted molar refractivity (Wildman–Crippen MR) is 159 cm³/mol. The van der Waals surface area contributed by atoms with Gasteiger partial charge < -0.3 is 25.6 Å². The number of aromatic nitrogens is 2. The predicted octanol–water partition coefficient (Wildman–Crippen LogP) is 4.66. The topological polar surface area (TPSA) is 137 Å². The molecule has 2 aliphatic rings.